The number of rotatable bonds is 4. The average molecular weight is 325 g/mol. The van der Waals surface area contributed by atoms with Crippen LogP contribution in [0.5, 0.6) is 0 Å². The van der Waals surface area contributed by atoms with Gasteiger partial charge in [-0.2, -0.15) is 13.2 Å². The first-order valence-corrected chi connectivity index (χ1v) is 6.38. The van der Waals surface area contributed by atoms with E-state index in [4.69, 9.17) is 5.73 Å². The first-order valence-electron chi connectivity index (χ1n) is 5.59. The van der Waals surface area contributed by atoms with Crippen LogP contribution in [0, 0.1) is 5.92 Å². The van der Waals surface area contributed by atoms with Gasteiger partial charge >= 0.3 is 6.18 Å². The standard InChI is InChI=1S/C12H16BrF3N2/c1-7(6-17)8(2)18-11-4-3-9(5-10(11)13)12(14,15)16/h3-5,7-8,18H,6,17H2,1-2H3. The van der Waals surface area contributed by atoms with Crippen LogP contribution in [0.25, 0.3) is 0 Å². The number of halogens is 4. The fourth-order valence-corrected chi connectivity index (χ4v) is 1.89. The van der Waals surface area contributed by atoms with Gasteiger partial charge in [-0.25, -0.2) is 0 Å². The molecular weight excluding hydrogens is 309 g/mol. The molecule has 0 spiro atoms. The van der Waals surface area contributed by atoms with Crippen LogP contribution in [-0.4, -0.2) is 12.6 Å². The Morgan fingerprint density at radius 3 is 2.39 bits per heavy atom. The summed E-state index contributed by atoms with van der Waals surface area (Å²) >= 11 is 3.15. The molecule has 1 rings (SSSR count). The molecule has 0 bridgehead atoms. The van der Waals surface area contributed by atoms with E-state index in [1.54, 1.807) is 0 Å². The van der Waals surface area contributed by atoms with E-state index in [0.29, 0.717) is 16.7 Å². The van der Waals surface area contributed by atoms with E-state index in [-0.39, 0.29) is 12.0 Å². The zero-order valence-electron chi connectivity index (χ0n) is 10.2. The molecular formula is C12H16BrF3N2. The third kappa shape index (κ3) is 3.88. The minimum absolute atomic E-state index is 0.0861. The van der Waals surface area contributed by atoms with Crippen molar-refractivity contribution in [2.45, 2.75) is 26.1 Å². The molecule has 2 nitrogen and oxygen atoms in total. The molecule has 1 aromatic carbocycles. The minimum atomic E-state index is -4.32. The molecule has 0 saturated carbocycles. The third-order valence-corrected chi connectivity index (χ3v) is 3.56. The zero-order chi connectivity index (χ0) is 13.9. The number of nitrogens with two attached hydrogens (primary N) is 1. The second-order valence-corrected chi connectivity index (χ2v) is 5.19. The average Bonchev–Trinajstić information content (AvgIpc) is 2.29. The Morgan fingerprint density at radius 2 is 1.94 bits per heavy atom. The van der Waals surface area contributed by atoms with Crippen molar-refractivity contribution in [1.29, 1.82) is 0 Å². The molecule has 6 heteroatoms. The Labute approximate surface area is 113 Å². The van der Waals surface area contributed by atoms with Crippen molar-refractivity contribution < 1.29 is 13.2 Å². The number of hydrogen-bond acceptors (Lipinski definition) is 2. The van der Waals surface area contributed by atoms with E-state index in [2.05, 4.69) is 21.2 Å². The molecule has 0 amide bonds. The molecule has 2 unspecified atom stereocenters. The molecule has 0 heterocycles. The SMILES string of the molecule is CC(CN)C(C)Nc1ccc(C(F)(F)F)cc1Br. The number of anilines is 1. The van der Waals surface area contributed by atoms with Gasteiger partial charge in [0.1, 0.15) is 0 Å². The number of hydrogen-bond donors (Lipinski definition) is 2. The topological polar surface area (TPSA) is 38.0 Å². The Bertz CT molecular complexity index is 407. The van der Waals surface area contributed by atoms with Crippen molar-refractivity contribution in [3.8, 4) is 0 Å². The smallest absolute Gasteiger partial charge is 0.381 e. The summed E-state index contributed by atoms with van der Waals surface area (Å²) in [4.78, 5) is 0. The molecule has 18 heavy (non-hydrogen) atoms. The van der Waals surface area contributed by atoms with Crippen LogP contribution in [0.3, 0.4) is 0 Å². The van der Waals surface area contributed by atoms with E-state index in [9.17, 15) is 13.2 Å². The Morgan fingerprint density at radius 1 is 1.33 bits per heavy atom. The Hall–Kier alpha value is -0.750. The van der Waals surface area contributed by atoms with Crippen LogP contribution in [0.4, 0.5) is 18.9 Å². The van der Waals surface area contributed by atoms with Gasteiger partial charge in [0.15, 0.2) is 0 Å². The highest BCUT2D eigenvalue weighted by molar-refractivity contribution is 9.10. The largest absolute Gasteiger partial charge is 0.416 e. The predicted octanol–water partition coefficient (Wildman–Crippen LogP) is 3.86. The summed E-state index contributed by atoms with van der Waals surface area (Å²) < 4.78 is 37.9. The van der Waals surface area contributed by atoms with Gasteiger partial charge in [-0.1, -0.05) is 6.92 Å². The lowest BCUT2D eigenvalue weighted by Gasteiger charge is -2.22. The highest BCUT2D eigenvalue weighted by atomic mass is 79.9. The minimum Gasteiger partial charge on any atom is -0.381 e. The van der Waals surface area contributed by atoms with Crippen LogP contribution in [0.2, 0.25) is 0 Å². The Balaban J connectivity index is 2.87. The molecule has 0 aliphatic carbocycles. The van der Waals surface area contributed by atoms with Gasteiger partial charge in [-0.05, 0) is 53.5 Å². The second kappa shape index (κ2) is 5.93. The van der Waals surface area contributed by atoms with Gasteiger partial charge in [0.05, 0.1) is 5.56 Å². The van der Waals surface area contributed by atoms with Gasteiger partial charge in [-0.3, -0.25) is 0 Å². The molecule has 0 aromatic heterocycles. The summed E-state index contributed by atoms with van der Waals surface area (Å²) in [5.74, 6) is 0.235. The van der Waals surface area contributed by atoms with Crippen molar-refractivity contribution in [3.05, 3.63) is 28.2 Å². The molecule has 3 N–H and O–H groups in total. The van der Waals surface area contributed by atoms with Gasteiger partial charge < -0.3 is 11.1 Å². The molecule has 0 saturated heterocycles. The quantitative estimate of drug-likeness (QED) is 0.882. The second-order valence-electron chi connectivity index (χ2n) is 4.34. The first-order chi connectivity index (χ1) is 8.25. The maximum Gasteiger partial charge on any atom is 0.416 e. The number of benzene rings is 1. The molecule has 0 fully saturated rings. The van der Waals surface area contributed by atoms with Gasteiger partial charge in [0.2, 0.25) is 0 Å². The molecule has 0 aliphatic heterocycles. The summed E-state index contributed by atoms with van der Waals surface area (Å²) in [6.45, 7) is 4.45. The van der Waals surface area contributed by atoms with Crippen LogP contribution in [0.1, 0.15) is 19.4 Å². The Kier molecular flexibility index (Phi) is 5.04. The van der Waals surface area contributed by atoms with E-state index in [1.165, 1.54) is 6.07 Å². The summed E-state index contributed by atoms with van der Waals surface area (Å²) in [6.07, 6.45) is -4.32. The normalized spacial score (nSPS) is 15.3. The van der Waals surface area contributed by atoms with Gasteiger partial charge in [0, 0.05) is 16.2 Å². The van der Waals surface area contributed by atoms with Crippen molar-refractivity contribution in [3.63, 3.8) is 0 Å². The van der Waals surface area contributed by atoms with Crippen LogP contribution in [-0.2, 0) is 6.18 Å². The van der Waals surface area contributed by atoms with Crippen molar-refractivity contribution in [1.82, 2.24) is 0 Å². The van der Waals surface area contributed by atoms with Crippen LogP contribution >= 0.6 is 15.9 Å². The molecule has 0 radical (unpaired) electrons. The monoisotopic (exact) mass is 324 g/mol. The van der Waals surface area contributed by atoms with E-state index in [1.807, 2.05) is 13.8 Å². The molecule has 102 valence electrons. The van der Waals surface area contributed by atoms with Crippen molar-refractivity contribution in [2.24, 2.45) is 11.7 Å². The molecule has 1 aromatic rings. The zero-order valence-corrected chi connectivity index (χ0v) is 11.8. The molecule has 0 aliphatic rings. The summed E-state index contributed by atoms with van der Waals surface area (Å²) in [6, 6.07) is 3.64. The fraction of sp³-hybridized carbons (Fsp3) is 0.500. The van der Waals surface area contributed by atoms with Gasteiger partial charge in [0.25, 0.3) is 0 Å². The third-order valence-electron chi connectivity index (χ3n) is 2.90. The van der Waals surface area contributed by atoms with Crippen LogP contribution in [0.15, 0.2) is 22.7 Å². The highest BCUT2D eigenvalue weighted by Gasteiger charge is 2.30. The summed E-state index contributed by atoms with van der Waals surface area (Å²) in [7, 11) is 0. The van der Waals surface area contributed by atoms with Crippen molar-refractivity contribution >= 4 is 21.6 Å². The van der Waals surface area contributed by atoms with E-state index >= 15 is 0 Å². The molecule has 2 atom stereocenters. The number of alkyl halides is 3. The maximum absolute atomic E-state index is 12.5. The summed E-state index contributed by atoms with van der Waals surface area (Å²) in [5, 5.41) is 3.15. The lowest BCUT2D eigenvalue weighted by atomic mass is 10.0. The highest BCUT2D eigenvalue weighted by Crippen LogP contribution is 2.34. The number of nitrogens with one attached hydrogen (secondary N) is 1. The van der Waals surface area contributed by atoms with Crippen LogP contribution < -0.4 is 11.1 Å². The summed E-state index contributed by atoms with van der Waals surface area (Å²) in [5.41, 5.74) is 5.51. The van der Waals surface area contributed by atoms with E-state index in [0.717, 1.165) is 12.1 Å². The van der Waals surface area contributed by atoms with E-state index < -0.39 is 11.7 Å². The predicted molar refractivity (Wildman–Crippen MR) is 70.4 cm³/mol. The fourth-order valence-electron chi connectivity index (χ4n) is 1.40. The van der Waals surface area contributed by atoms with Gasteiger partial charge in [-0.15, -0.1) is 0 Å². The lowest BCUT2D eigenvalue weighted by molar-refractivity contribution is -0.137. The first kappa shape index (κ1) is 15.3. The lowest BCUT2D eigenvalue weighted by Crippen LogP contribution is -2.29. The maximum atomic E-state index is 12.5. The van der Waals surface area contributed by atoms with Crippen molar-refractivity contribution in [2.75, 3.05) is 11.9 Å².